The van der Waals surface area contributed by atoms with Crippen molar-refractivity contribution in [3.8, 4) is 0 Å². The van der Waals surface area contributed by atoms with Gasteiger partial charge in [-0.25, -0.2) is 0 Å². The summed E-state index contributed by atoms with van der Waals surface area (Å²) in [6, 6.07) is 0. The van der Waals surface area contributed by atoms with Crippen molar-refractivity contribution in [3.05, 3.63) is 11.6 Å². The van der Waals surface area contributed by atoms with Crippen molar-refractivity contribution in [1.82, 2.24) is 0 Å². The molecule has 0 aliphatic heterocycles. The fourth-order valence-corrected chi connectivity index (χ4v) is 6.91. The first kappa shape index (κ1) is 15.6. The lowest BCUT2D eigenvalue weighted by molar-refractivity contribution is -0.135. The van der Waals surface area contributed by atoms with E-state index in [-0.39, 0.29) is 22.5 Å². The summed E-state index contributed by atoms with van der Waals surface area (Å²) in [4.78, 5) is 25.0. The average Bonchev–Trinajstić information content (AvgIpc) is 2.65. The molecular weight excluding hydrogens is 288 g/mol. The van der Waals surface area contributed by atoms with Crippen LogP contribution in [0.25, 0.3) is 0 Å². The van der Waals surface area contributed by atoms with E-state index in [1.54, 1.807) is 0 Å². The van der Waals surface area contributed by atoms with Gasteiger partial charge in [0.05, 0.1) is 11.0 Å². The molecule has 3 heteroatoms. The van der Waals surface area contributed by atoms with Crippen molar-refractivity contribution in [2.75, 3.05) is 0 Å². The van der Waals surface area contributed by atoms with Crippen molar-refractivity contribution >= 4 is 12.1 Å². The number of aliphatic hydroxyl groups is 1. The molecule has 0 aromatic heterocycles. The minimum absolute atomic E-state index is 0.0623. The van der Waals surface area contributed by atoms with E-state index in [1.165, 1.54) is 11.9 Å². The van der Waals surface area contributed by atoms with E-state index in [2.05, 4.69) is 19.9 Å². The summed E-state index contributed by atoms with van der Waals surface area (Å²) in [5, 5.41) is 10.9. The fraction of sp³-hybridized carbons (Fsp3) is 0.800. The van der Waals surface area contributed by atoms with Gasteiger partial charge in [-0.05, 0) is 49.9 Å². The van der Waals surface area contributed by atoms with Crippen molar-refractivity contribution in [2.45, 2.75) is 71.3 Å². The van der Waals surface area contributed by atoms with Crippen LogP contribution >= 0.6 is 0 Å². The maximum atomic E-state index is 13.1. The Bertz CT molecular complexity index is 622. The van der Waals surface area contributed by atoms with Crippen LogP contribution in [0.2, 0.25) is 0 Å². The number of ketones is 1. The SMILES string of the molecule is CC1C(=O)C23CCC4C(C)(C=O)CCCC4(C)C2=CCC1(O)C3. The monoisotopic (exact) mass is 316 g/mol. The van der Waals surface area contributed by atoms with Gasteiger partial charge in [-0.3, -0.25) is 4.79 Å². The van der Waals surface area contributed by atoms with E-state index < -0.39 is 11.0 Å². The van der Waals surface area contributed by atoms with Gasteiger partial charge < -0.3 is 9.90 Å². The normalized spacial score (nSPS) is 55.0. The first-order valence-corrected chi connectivity index (χ1v) is 9.16. The summed E-state index contributed by atoms with van der Waals surface area (Å²) in [5.74, 6) is 0.312. The lowest BCUT2D eigenvalue weighted by Crippen LogP contribution is -2.54. The highest BCUT2D eigenvalue weighted by atomic mass is 16.3. The van der Waals surface area contributed by atoms with Crippen LogP contribution in [0.3, 0.4) is 0 Å². The molecule has 0 heterocycles. The van der Waals surface area contributed by atoms with Crippen LogP contribution in [0.5, 0.6) is 0 Å². The van der Waals surface area contributed by atoms with Gasteiger partial charge in [0, 0.05) is 11.3 Å². The van der Waals surface area contributed by atoms with Gasteiger partial charge in [-0.15, -0.1) is 0 Å². The highest BCUT2D eigenvalue weighted by Crippen LogP contribution is 2.69. The third kappa shape index (κ3) is 1.65. The number of fused-ring (bicyclic) bond motifs is 3. The number of carbonyl (C=O) groups excluding carboxylic acids is 2. The summed E-state index contributed by atoms with van der Waals surface area (Å²) in [5.41, 5.74) is -0.345. The standard InChI is InChI=1S/C20H28O3/c1-13-16(22)19-9-5-14-17(2,12-21)7-4-8-18(14,3)15(19)6-10-20(13,23)11-19/h6,12-14,23H,4-5,7-11H2,1-3H3. The van der Waals surface area contributed by atoms with Gasteiger partial charge in [0.15, 0.2) is 0 Å². The van der Waals surface area contributed by atoms with E-state index >= 15 is 0 Å². The number of carbonyl (C=O) groups is 2. The van der Waals surface area contributed by atoms with Gasteiger partial charge in [0.1, 0.15) is 12.1 Å². The highest BCUT2D eigenvalue weighted by Gasteiger charge is 2.68. The maximum absolute atomic E-state index is 13.1. The minimum Gasteiger partial charge on any atom is -0.389 e. The summed E-state index contributed by atoms with van der Waals surface area (Å²) in [7, 11) is 0. The Morgan fingerprint density at radius 3 is 2.70 bits per heavy atom. The van der Waals surface area contributed by atoms with Crippen molar-refractivity contribution in [2.24, 2.45) is 28.1 Å². The summed E-state index contributed by atoms with van der Waals surface area (Å²) >= 11 is 0. The molecule has 23 heavy (non-hydrogen) atoms. The molecule has 0 amide bonds. The molecule has 2 bridgehead atoms. The smallest absolute Gasteiger partial charge is 0.148 e. The molecule has 126 valence electrons. The second-order valence-corrected chi connectivity index (χ2v) is 9.26. The molecular formula is C20H28O3. The van der Waals surface area contributed by atoms with Gasteiger partial charge in [-0.1, -0.05) is 38.8 Å². The number of aldehydes is 1. The molecule has 1 spiro atoms. The van der Waals surface area contributed by atoms with Crippen molar-refractivity contribution < 1.29 is 14.7 Å². The molecule has 6 unspecified atom stereocenters. The first-order valence-electron chi connectivity index (χ1n) is 9.16. The van der Waals surface area contributed by atoms with E-state index in [1.807, 2.05) is 6.92 Å². The van der Waals surface area contributed by atoms with Crippen LogP contribution < -0.4 is 0 Å². The molecule has 3 fully saturated rings. The van der Waals surface area contributed by atoms with E-state index in [0.29, 0.717) is 18.8 Å². The first-order chi connectivity index (χ1) is 10.7. The second kappa shape index (κ2) is 4.36. The molecule has 4 aliphatic rings. The summed E-state index contributed by atoms with van der Waals surface area (Å²) in [6.07, 6.45) is 9.37. The van der Waals surface area contributed by atoms with E-state index in [0.717, 1.165) is 32.1 Å². The molecule has 1 N–H and O–H groups in total. The maximum Gasteiger partial charge on any atom is 0.148 e. The average molecular weight is 316 g/mol. The Hall–Kier alpha value is -0.960. The molecule has 0 radical (unpaired) electrons. The van der Waals surface area contributed by atoms with Gasteiger partial charge in [0.2, 0.25) is 0 Å². The van der Waals surface area contributed by atoms with E-state index in [9.17, 15) is 14.7 Å². The number of hydrogen-bond acceptors (Lipinski definition) is 3. The Morgan fingerprint density at radius 1 is 1.26 bits per heavy atom. The van der Waals surface area contributed by atoms with Crippen molar-refractivity contribution in [3.63, 3.8) is 0 Å². The van der Waals surface area contributed by atoms with Crippen LogP contribution in [-0.4, -0.2) is 22.8 Å². The van der Waals surface area contributed by atoms with E-state index in [4.69, 9.17) is 0 Å². The van der Waals surface area contributed by atoms with Crippen LogP contribution in [-0.2, 0) is 9.59 Å². The molecule has 3 nitrogen and oxygen atoms in total. The fourth-order valence-electron chi connectivity index (χ4n) is 6.91. The minimum atomic E-state index is -0.841. The predicted molar refractivity (Wildman–Crippen MR) is 87.7 cm³/mol. The second-order valence-electron chi connectivity index (χ2n) is 9.26. The third-order valence-electron chi connectivity index (χ3n) is 8.18. The zero-order chi connectivity index (χ0) is 16.7. The lowest BCUT2D eigenvalue weighted by atomic mass is 9.44. The van der Waals surface area contributed by atoms with Crippen LogP contribution in [0.1, 0.15) is 65.7 Å². The topological polar surface area (TPSA) is 54.4 Å². The molecule has 0 aromatic rings. The Labute approximate surface area is 138 Å². The Morgan fingerprint density at radius 2 is 2.00 bits per heavy atom. The van der Waals surface area contributed by atoms with Crippen LogP contribution in [0, 0.1) is 28.1 Å². The lowest BCUT2D eigenvalue weighted by Gasteiger charge is -2.59. The number of allylic oxidation sites excluding steroid dienone is 1. The Balaban J connectivity index is 1.85. The molecule has 6 atom stereocenters. The van der Waals surface area contributed by atoms with Gasteiger partial charge >= 0.3 is 0 Å². The van der Waals surface area contributed by atoms with Crippen LogP contribution in [0.4, 0.5) is 0 Å². The molecule has 0 aromatic carbocycles. The van der Waals surface area contributed by atoms with Crippen LogP contribution in [0.15, 0.2) is 11.6 Å². The van der Waals surface area contributed by atoms with Gasteiger partial charge in [0.25, 0.3) is 0 Å². The summed E-state index contributed by atoms with van der Waals surface area (Å²) < 4.78 is 0. The largest absolute Gasteiger partial charge is 0.389 e. The van der Waals surface area contributed by atoms with Crippen molar-refractivity contribution in [1.29, 1.82) is 0 Å². The zero-order valence-electron chi connectivity index (χ0n) is 14.5. The summed E-state index contributed by atoms with van der Waals surface area (Å²) in [6.45, 7) is 6.30. The highest BCUT2D eigenvalue weighted by molar-refractivity contribution is 5.94. The van der Waals surface area contributed by atoms with Gasteiger partial charge in [-0.2, -0.15) is 0 Å². The quantitative estimate of drug-likeness (QED) is 0.595. The predicted octanol–water partition coefficient (Wildman–Crippen LogP) is 3.45. The molecule has 4 aliphatic carbocycles. The Kier molecular flexibility index (Phi) is 2.95. The molecule has 3 saturated carbocycles. The zero-order valence-corrected chi connectivity index (χ0v) is 14.5. The number of rotatable bonds is 1. The molecule has 4 rings (SSSR count). The number of hydrogen-bond donors (Lipinski definition) is 1. The number of Topliss-reactive ketones (excluding diaryl/α,β-unsaturated/α-hetero) is 1. The third-order valence-corrected chi connectivity index (χ3v) is 8.18. The molecule has 0 saturated heterocycles.